The third kappa shape index (κ3) is 3.37. The molecule has 0 spiro atoms. The number of benzene rings is 1. The average molecular weight is 344 g/mol. The number of likely N-dealkylation sites (N-methyl/N-ethyl adjacent to an activating group) is 1. The van der Waals surface area contributed by atoms with Crippen LogP contribution in [-0.2, 0) is 16.4 Å². The van der Waals surface area contributed by atoms with Gasteiger partial charge in [0.1, 0.15) is 5.58 Å². The van der Waals surface area contributed by atoms with Gasteiger partial charge in [0.05, 0.1) is 4.90 Å². The summed E-state index contributed by atoms with van der Waals surface area (Å²) in [5.74, 6) is 0. The van der Waals surface area contributed by atoms with Gasteiger partial charge in [-0.15, -0.1) is 0 Å². The van der Waals surface area contributed by atoms with E-state index in [2.05, 4.69) is 4.98 Å². The molecule has 3 aromatic rings. The molecule has 0 fully saturated rings. The minimum Gasteiger partial charge on any atom is -0.423 e. The van der Waals surface area contributed by atoms with Crippen molar-refractivity contribution in [1.82, 2.24) is 9.29 Å². The third-order valence-electron chi connectivity index (χ3n) is 3.71. The Bertz CT molecular complexity index is 1010. The molecule has 0 bridgehead atoms. The topological polar surface area (TPSA) is 80.5 Å². The molecule has 3 rings (SSSR count). The summed E-state index contributed by atoms with van der Waals surface area (Å²) in [6, 6.07) is 12.8. The van der Waals surface area contributed by atoms with Crippen LogP contribution >= 0.6 is 0 Å². The molecule has 124 valence electrons. The molecule has 0 atom stereocenters. The van der Waals surface area contributed by atoms with Crippen molar-refractivity contribution in [3.8, 4) is 0 Å². The fraction of sp³-hybridized carbons (Fsp3) is 0.176. The summed E-state index contributed by atoms with van der Waals surface area (Å²) in [4.78, 5) is 15.5. The molecular formula is C17H16N2O4S. The number of fused-ring (bicyclic) bond motifs is 1. The first-order valence-electron chi connectivity index (χ1n) is 7.37. The summed E-state index contributed by atoms with van der Waals surface area (Å²) in [5.41, 5.74) is 0.725. The maximum absolute atomic E-state index is 12.7. The summed E-state index contributed by atoms with van der Waals surface area (Å²) in [6.07, 6.45) is 2.21. The van der Waals surface area contributed by atoms with Crippen LogP contribution in [0.5, 0.6) is 0 Å². The van der Waals surface area contributed by atoms with Crippen molar-refractivity contribution in [2.75, 3.05) is 13.6 Å². The number of nitrogens with zero attached hydrogens (tertiary/aromatic N) is 2. The molecular weight excluding hydrogens is 328 g/mol. The fourth-order valence-corrected chi connectivity index (χ4v) is 3.54. The van der Waals surface area contributed by atoms with E-state index in [4.69, 9.17) is 4.42 Å². The second-order valence-electron chi connectivity index (χ2n) is 5.35. The van der Waals surface area contributed by atoms with Crippen LogP contribution in [0.1, 0.15) is 5.69 Å². The van der Waals surface area contributed by atoms with Crippen LogP contribution in [0.25, 0.3) is 11.0 Å². The lowest BCUT2D eigenvalue weighted by atomic mass is 10.2. The van der Waals surface area contributed by atoms with Crippen molar-refractivity contribution >= 4 is 21.0 Å². The smallest absolute Gasteiger partial charge is 0.336 e. The summed E-state index contributed by atoms with van der Waals surface area (Å²) in [6.45, 7) is 0.321. The van der Waals surface area contributed by atoms with Crippen molar-refractivity contribution in [1.29, 1.82) is 0 Å². The summed E-state index contributed by atoms with van der Waals surface area (Å²) >= 11 is 0. The number of sulfonamides is 1. The lowest BCUT2D eigenvalue weighted by Gasteiger charge is -2.17. The first kappa shape index (κ1) is 16.4. The van der Waals surface area contributed by atoms with E-state index >= 15 is 0 Å². The SMILES string of the molecule is CN(CCc1ccccn1)S(=O)(=O)c1ccc2oc(=O)ccc2c1. The van der Waals surface area contributed by atoms with E-state index in [1.54, 1.807) is 12.3 Å². The molecule has 1 aromatic carbocycles. The van der Waals surface area contributed by atoms with Crippen molar-refractivity contribution in [2.24, 2.45) is 0 Å². The minimum absolute atomic E-state index is 0.160. The molecule has 0 amide bonds. The summed E-state index contributed by atoms with van der Waals surface area (Å²) < 4.78 is 31.7. The Labute approximate surface area is 139 Å². The van der Waals surface area contributed by atoms with E-state index in [0.717, 1.165) is 5.69 Å². The maximum atomic E-state index is 12.7. The first-order valence-corrected chi connectivity index (χ1v) is 8.81. The van der Waals surface area contributed by atoms with Gasteiger partial charge in [0.15, 0.2) is 0 Å². The Morgan fingerprint density at radius 3 is 2.71 bits per heavy atom. The molecule has 0 aliphatic carbocycles. The number of rotatable bonds is 5. The zero-order valence-corrected chi connectivity index (χ0v) is 13.9. The van der Waals surface area contributed by atoms with Crippen LogP contribution in [0, 0.1) is 0 Å². The van der Waals surface area contributed by atoms with Crippen LogP contribution in [-0.4, -0.2) is 31.3 Å². The highest BCUT2D eigenvalue weighted by Crippen LogP contribution is 2.20. The molecule has 7 heteroatoms. The molecule has 2 aromatic heterocycles. The lowest BCUT2D eigenvalue weighted by Crippen LogP contribution is -2.29. The number of hydrogen-bond acceptors (Lipinski definition) is 5. The van der Waals surface area contributed by atoms with Crippen molar-refractivity contribution in [3.05, 3.63) is 70.8 Å². The standard InChI is InChI=1S/C17H16N2O4S/c1-19(11-9-14-4-2-3-10-18-14)24(21,22)15-6-7-16-13(12-15)5-8-17(20)23-16/h2-8,10,12H,9,11H2,1H3. The Balaban J connectivity index is 1.83. The summed E-state index contributed by atoms with van der Waals surface area (Å²) in [7, 11) is -2.09. The molecule has 0 saturated heterocycles. The van der Waals surface area contributed by atoms with Gasteiger partial charge in [0, 0.05) is 43.4 Å². The highest BCUT2D eigenvalue weighted by Gasteiger charge is 2.21. The largest absolute Gasteiger partial charge is 0.423 e. The second kappa shape index (κ2) is 6.54. The summed E-state index contributed by atoms with van der Waals surface area (Å²) in [5, 5.41) is 0.564. The van der Waals surface area contributed by atoms with Crippen molar-refractivity contribution in [3.63, 3.8) is 0 Å². The lowest BCUT2D eigenvalue weighted by molar-refractivity contribution is 0.471. The molecule has 0 N–H and O–H groups in total. The molecule has 0 unspecified atom stereocenters. The van der Waals surface area contributed by atoms with E-state index in [-0.39, 0.29) is 4.90 Å². The highest BCUT2D eigenvalue weighted by atomic mass is 32.2. The quantitative estimate of drug-likeness (QED) is 0.662. The number of pyridine rings is 1. The van der Waals surface area contributed by atoms with E-state index in [1.807, 2.05) is 18.2 Å². The normalized spacial score (nSPS) is 11.9. The van der Waals surface area contributed by atoms with Crippen LogP contribution in [0.3, 0.4) is 0 Å². The van der Waals surface area contributed by atoms with Crippen LogP contribution in [0.2, 0.25) is 0 Å². The van der Waals surface area contributed by atoms with Gasteiger partial charge < -0.3 is 4.42 Å². The van der Waals surface area contributed by atoms with Crippen LogP contribution < -0.4 is 5.63 Å². The van der Waals surface area contributed by atoms with Gasteiger partial charge in [-0.1, -0.05) is 6.07 Å². The van der Waals surface area contributed by atoms with E-state index < -0.39 is 15.6 Å². The Hall–Kier alpha value is -2.51. The molecule has 6 nitrogen and oxygen atoms in total. The monoisotopic (exact) mass is 344 g/mol. The van der Waals surface area contributed by atoms with Gasteiger partial charge in [-0.25, -0.2) is 17.5 Å². The zero-order valence-electron chi connectivity index (χ0n) is 13.0. The van der Waals surface area contributed by atoms with Gasteiger partial charge in [0.2, 0.25) is 10.0 Å². The highest BCUT2D eigenvalue weighted by molar-refractivity contribution is 7.89. The fourth-order valence-electron chi connectivity index (χ4n) is 2.33. The van der Waals surface area contributed by atoms with Gasteiger partial charge in [-0.3, -0.25) is 4.98 Å². The Morgan fingerprint density at radius 1 is 1.12 bits per heavy atom. The van der Waals surface area contributed by atoms with Crippen molar-refractivity contribution in [2.45, 2.75) is 11.3 Å². The van der Waals surface area contributed by atoms with Gasteiger partial charge in [0.25, 0.3) is 0 Å². The average Bonchev–Trinajstić information content (AvgIpc) is 2.60. The molecule has 0 saturated carbocycles. The molecule has 0 aliphatic heterocycles. The van der Waals surface area contributed by atoms with Gasteiger partial charge in [-0.05, 0) is 36.4 Å². The van der Waals surface area contributed by atoms with Crippen LogP contribution in [0.15, 0.2) is 68.8 Å². The number of aromatic nitrogens is 1. The molecule has 0 aliphatic rings. The van der Waals surface area contributed by atoms with E-state index in [1.165, 1.54) is 35.6 Å². The second-order valence-corrected chi connectivity index (χ2v) is 7.40. The Morgan fingerprint density at radius 2 is 1.96 bits per heavy atom. The zero-order chi connectivity index (χ0) is 17.2. The third-order valence-corrected chi connectivity index (χ3v) is 5.56. The molecule has 24 heavy (non-hydrogen) atoms. The Kier molecular flexibility index (Phi) is 4.46. The minimum atomic E-state index is -3.62. The first-order chi connectivity index (χ1) is 11.5. The predicted octanol–water partition coefficient (Wildman–Crippen LogP) is 2.05. The van der Waals surface area contributed by atoms with Crippen molar-refractivity contribution < 1.29 is 12.8 Å². The van der Waals surface area contributed by atoms with E-state index in [9.17, 15) is 13.2 Å². The molecule has 2 heterocycles. The van der Waals surface area contributed by atoms with Gasteiger partial charge in [-0.2, -0.15) is 0 Å². The molecule has 0 radical (unpaired) electrons. The predicted molar refractivity (Wildman–Crippen MR) is 90.2 cm³/mol. The van der Waals surface area contributed by atoms with Crippen LogP contribution in [0.4, 0.5) is 0 Å². The van der Waals surface area contributed by atoms with Gasteiger partial charge >= 0.3 is 5.63 Å². The number of hydrogen-bond donors (Lipinski definition) is 0. The maximum Gasteiger partial charge on any atom is 0.336 e. The van der Waals surface area contributed by atoms with E-state index in [0.29, 0.717) is 23.9 Å².